The van der Waals surface area contributed by atoms with E-state index < -0.39 is 12.0 Å². The Morgan fingerprint density at radius 3 is 2.92 bits per heavy atom. The quantitative estimate of drug-likeness (QED) is 0.468. The fourth-order valence-corrected chi connectivity index (χ4v) is 1.03. The zero-order valence-electron chi connectivity index (χ0n) is 6.83. The lowest BCUT2D eigenvalue weighted by Gasteiger charge is -2.11. The summed E-state index contributed by atoms with van der Waals surface area (Å²) in [7, 11) is 0. The van der Waals surface area contributed by atoms with Gasteiger partial charge in [0.25, 0.3) is 0 Å². The van der Waals surface area contributed by atoms with Crippen LogP contribution in [0.4, 0.5) is 0 Å². The molecule has 0 bridgehead atoms. The van der Waals surface area contributed by atoms with Gasteiger partial charge in [-0.1, -0.05) is 0 Å². The Labute approximate surface area is 70.1 Å². The van der Waals surface area contributed by atoms with Crippen LogP contribution in [0.25, 0.3) is 0 Å². The highest BCUT2D eigenvalue weighted by Crippen LogP contribution is 1.99. The third kappa shape index (κ3) is 2.20. The zero-order valence-corrected chi connectivity index (χ0v) is 6.83. The number of carbonyl (C=O) groups is 2. The molecule has 0 aliphatic carbocycles. The number of aliphatic hydroxyl groups excluding tert-OH is 1. The molecule has 0 saturated carbocycles. The topological polar surface area (TPSA) is 78.4 Å². The summed E-state index contributed by atoms with van der Waals surface area (Å²) >= 11 is 0. The Morgan fingerprint density at radius 2 is 2.50 bits per heavy atom. The van der Waals surface area contributed by atoms with Crippen LogP contribution >= 0.6 is 0 Å². The molecule has 1 saturated heterocycles. The Bertz CT molecular complexity index is 203. The zero-order chi connectivity index (χ0) is 9.14. The van der Waals surface area contributed by atoms with Gasteiger partial charge in [-0.3, -0.25) is 9.59 Å². The van der Waals surface area contributed by atoms with Crippen molar-refractivity contribution in [2.75, 3.05) is 6.54 Å². The number of hydrogen-bond acceptors (Lipinski definition) is 3. The van der Waals surface area contributed by atoms with Gasteiger partial charge in [0.15, 0.2) is 0 Å². The van der Waals surface area contributed by atoms with E-state index in [0.717, 1.165) is 0 Å². The smallest absolute Gasteiger partial charge is 0.248 e. The molecule has 1 aliphatic heterocycles. The van der Waals surface area contributed by atoms with Crippen LogP contribution in [0.2, 0.25) is 0 Å². The largest absolute Gasteiger partial charge is 0.384 e. The minimum absolute atomic E-state index is 0.0640. The van der Waals surface area contributed by atoms with Gasteiger partial charge in [-0.2, -0.15) is 0 Å². The second-order valence-electron chi connectivity index (χ2n) is 2.89. The Kier molecular flexibility index (Phi) is 2.65. The highest BCUT2D eigenvalue weighted by molar-refractivity contribution is 5.83. The molecule has 5 nitrogen and oxygen atoms in total. The van der Waals surface area contributed by atoms with Crippen LogP contribution in [0.1, 0.15) is 13.3 Å². The number of amides is 2. The van der Waals surface area contributed by atoms with Crippen molar-refractivity contribution >= 4 is 11.8 Å². The van der Waals surface area contributed by atoms with Gasteiger partial charge in [0.05, 0.1) is 6.04 Å². The standard InChI is InChI=1S/C7H12N2O3/c1-4(10)7(12)9-5-2-6(11)8-3-5/h4-5,10H,2-3H2,1H3,(H,8,11)(H,9,12). The molecule has 12 heavy (non-hydrogen) atoms. The Balaban J connectivity index is 2.32. The molecule has 2 atom stereocenters. The van der Waals surface area contributed by atoms with Gasteiger partial charge in [0.1, 0.15) is 6.10 Å². The predicted molar refractivity (Wildman–Crippen MR) is 41.2 cm³/mol. The lowest BCUT2D eigenvalue weighted by atomic mass is 10.2. The highest BCUT2D eigenvalue weighted by Gasteiger charge is 2.23. The summed E-state index contributed by atoms with van der Waals surface area (Å²) in [5.74, 6) is -0.498. The highest BCUT2D eigenvalue weighted by atomic mass is 16.3. The van der Waals surface area contributed by atoms with E-state index >= 15 is 0 Å². The van der Waals surface area contributed by atoms with Crippen LogP contribution in [-0.2, 0) is 9.59 Å². The molecular formula is C7H12N2O3. The summed E-state index contributed by atoms with van der Waals surface area (Å²) in [6.07, 6.45) is -0.709. The molecule has 0 aromatic carbocycles. The number of nitrogens with one attached hydrogen (secondary N) is 2. The van der Waals surface area contributed by atoms with E-state index in [-0.39, 0.29) is 11.9 Å². The average molecular weight is 172 g/mol. The van der Waals surface area contributed by atoms with Gasteiger partial charge in [-0.15, -0.1) is 0 Å². The van der Waals surface area contributed by atoms with Crippen LogP contribution in [0, 0.1) is 0 Å². The van der Waals surface area contributed by atoms with E-state index in [2.05, 4.69) is 10.6 Å². The molecule has 5 heteroatoms. The van der Waals surface area contributed by atoms with E-state index in [1.165, 1.54) is 6.92 Å². The molecule has 68 valence electrons. The predicted octanol–water partition coefficient (Wildman–Crippen LogP) is -1.63. The lowest BCUT2D eigenvalue weighted by molar-refractivity contribution is -0.129. The molecule has 1 fully saturated rings. The fraction of sp³-hybridized carbons (Fsp3) is 0.714. The average Bonchev–Trinajstić information content (AvgIpc) is 2.35. The minimum atomic E-state index is -1.01. The van der Waals surface area contributed by atoms with Crippen molar-refractivity contribution in [3.63, 3.8) is 0 Å². The molecule has 0 aromatic heterocycles. The minimum Gasteiger partial charge on any atom is -0.384 e. The lowest BCUT2D eigenvalue weighted by Crippen LogP contribution is -2.41. The maximum Gasteiger partial charge on any atom is 0.248 e. The molecule has 0 aromatic rings. The van der Waals surface area contributed by atoms with Gasteiger partial charge in [0.2, 0.25) is 11.8 Å². The van der Waals surface area contributed by atoms with Crippen molar-refractivity contribution in [2.45, 2.75) is 25.5 Å². The third-order valence-electron chi connectivity index (χ3n) is 1.70. The summed E-state index contributed by atoms with van der Waals surface area (Å²) in [5.41, 5.74) is 0. The fourth-order valence-electron chi connectivity index (χ4n) is 1.03. The van der Waals surface area contributed by atoms with Crippen LogP contribution in [-0.4, -0.2) is 35.6 Å². The molecule has 2 unspecified atom stereocenters. The molecule has 0 radical (unpaired) electrons. The summed E-state index contributed by atoms with van der Waals surface area (Å²) in [6, 6.07) is -0.167. The maximum absolute atomic E-state index is 10.9. The molecule has 1 aliphatic rings. The Hall–Kier alpha value is -1.10. The van der Waals surface area contributed by atoms with Crippen LogP contribution in [0.15, 0.2) is 0 Å². The molecule has 1 rings (SSSR count). The number of hydrogen-bond donors (Lipinski definition) is 3. The molecule has 2 amide bonds. The van der Waals surface area contributed by atoms with Gasteiger partial charge in [0, 0.05) is 13.0 Å². The second kappa shape index (κ2) is 3.53. The normalized spacial score (nSPS) is 24.8. The SMILES string of the molecule is CC(O)C(=O)NC1CNC(=O)C1. The summed E-state index contributed by atoms with van der Waals surface area (Å²) < 4.78 is 0. The molecule has 1 heterocycles. The van der Waals surface area contributed by atoms with Gasteiger partial charge in [-0.05, 0) is 6.92 Å². The Morgan fingerprint density at radius 1 is 1.83 bits per heavy atom. The van der Waals surface area contributed by atoms with Crippen molar-refractivity contribution in [3.8, 4) is 0 Å². The van der Waals surface area contributed by atoms with Gasteiger partial charge < -0.3 is 15.7 Å². The van der Waals surface area contributed by atoms with Crippen molar-refractivity contribution in [2.24, 2.45) is 0 Å². The summed E-state index contributed by atoms with van der Waals surface area (Å²) in [6.45, 7) is 1.84. The van der Waals surface area contributed by atoms with E-state index in [9.17, 15) is 9.59 Å². The van der Waals surface area contributed by atoms with Crippen LogP contribution in [0.3, 0.4) is 0 Å². The monoisotopic (exact) mass is 172 g/mol. The van der Waals surface area contributed by atoms with Crippen LogP contribution in [0.5, 0.6) is 0 Å². The van der Waals surface area contributed by atoms with E-state index in [1.807, 2.05) is 0 Å². The number of aliphatic hydroxyl groups is 1. The first-order chi connectivity index (χ1) is 5.59. The second-order valence-corrected chi connectivity index (χ2v) is 2.89. The van der Waals surface area contributed by atoms with Gasteiger partial charge >= 0.3 is 0 Å². The summed E-state index contributed by atoms with van der Waals surface area (Å²) in [4.78, 5) is 21.6. The molecule has 3 N–H and O–H groups in total. The number of carbonyl (C=O) groups excluding carboxylic acids is 2. The van der Waals surface area contributed by atoms with Crippen molar-refractivity contribution in [1.29, 1.82) is 0 Å². The number of rotatable bonds is 2. The molecular weight excluding hydrogens is 160 g/mol. The molecule has 0 spiro atoms. The van der Waals surface area contributed by atoms with Crippen molar-refractivity contribution in [1.82, 2.24) is 10.6 Å². The maximum atomic E-state index is 10.9. The first kappa shape index (κ1) is 8.99. The van der Waals surface area contributed by atoms with Crippen LogP contribution < -0.4 is 10.6 Å². The first-order valence-corrected chi connectivity index (χ1v) is 3.84. The van der Waals surface area contributed by atoms with Gasteiger partial charge in [-0.25, -0.2) is 0 Å². The first-order valence-electron chi connectivity index (χ1n) is 3.84. The summed E-state index contributed by atoms with van der Waals surface area (Å²) in [5, 5.41) is 13.9. The van der Waals surface area contributed by atoms with E-state index in [0.29, 0.717) is 13.0 Å². The van der Waals surface area contributed by atoms with Crippen molar-refractivity contribution in [3.05, 3.63) is 0 Å². The van der Waals surface area contributed by atoms with Crippen molar-refractivity contribution < 1.29 is 14.7 Å². The third-order valence-corrected chi connectivity index (χ3v) is 1.70. The van der Waals surface area contributed by atoms with E-state index in [1.54, 1.807) is 0 Å². The van der Waals surface area contributed by atoms with E-state index in [4.69, 9.17) is 5.11 Å².